The number of rotatable bonds is 4. The lowest BCUT2D eigenvalue weighted by molar-refractivity contribution is 0.590. The van der Waals surface area contributed by atoms with E-state index in [0.717, 1.165) is 16.4 Å². The van der Waals surface area contributed by atoms with Crippen LogP contribution < -0.4 is 5.32 Å². The molecule has 0 amide bonds. The zero-order valence-corrected chi connectivity index (χ0v) is 14.5. The third kappa shape index (κ3) is 3.18. The summed E-state index contributed by atoms with van der Waals surface area (Å²) in [6, 6.07) is 15.1. The van der Waals surface area contributed by atoms with Gasteiger partial charge in [0.2, 0.25) is 0 Å². The molecular weight excluding hydrogens is 344 g/mol. The highest BCUT2D eigenvalue weighted by molar-refractivity contribution is 9.10. The number of hydrogen-bond acceptors (Lipinski definition) is 3. The molecule has 3 aromatic rings. The summed E-state index contributed by atoms with van der Waals surface area (Å²) in [4.78, 5) is 4.74. The van der Waals surface area contributed by atoms with Crippen LogP contribution in [-0.4, -0.2) is 12.0 Å². The maximum absolute atomic E-state index is 4.74. The van der Waals surface area contributed by atoms with Crippen molar-refractivity contribution < 1.29 is 0 Å². The Bertz CT molecular complexity index is 733. The van der Waals surface area contributed by atoms with E-state index in [0.29, 0.717) is 0 Å². The van der Waals surface area contributed by atoms with Gasteiger partial charge in [0.25, 0.3) is 0 Å². The molecule has 4 heteroatoms. The smallest absolute Gasteiger partial charge is 0.0957 e. The van der Waals surface area contributed by atoms with Gasteiger partial charge in [-0.25, -0.2) is 4.98 Å². The summed E-state index contributed by atoms with van der Waals surface area (Å²) in [5, 5.41) is 4.59. The lowest BCUT2D eigenvalue weighted by Crippen LogP contribution is -2.18. The van der Waals surface area contributed by atoms with Gasteiger partial charge in [0, 0.05) is 16.9 Å². The second-order valence-electron chi connectivity index (χ2n) is 5.13. The fourth-order valence-corrected chi connectivity index (χ4v) is 3.71. The van der Waals surface area contributed by atoms with Crippen LogP contribution in [0.4, 0.5) is 0 Å². The first-order valence-corrected chi connectivity index (χ1v) is 8.56. The molecule has 0 bridgehead atoms. The molecule has 2 aromatic carbocycles. The lowest BCUT2D eigenvalue weighted by atomic mass is 10.0. The molecule has 108 valence electrons. The predicted molar refractivity (Wildman–Crippen MR) is 94.0 cm³/mol. The average molecular weight is 361 g/mol. The van der Waals surface area contributed by atoms with Crippen molar-refractivity contribution in [3.8, 4) is 0 Å². The van der Waals surface area contributed by atoms with Gasteiger partial charge in [-0.2, -0.15) is 0 Å². The first-order valence-electron chi connectivity index (χ1n) is 6.95. The summed E-state index contributed by atoms with van der Waals surface area (Å²) >= 11 is 5.34. The van der Waals surface area contributed by atoms with Crippen LogP contribution in [0.2, 0.25) is 0 Å². The summed E-state index contributed by atoms with van der Waals surface area (Å²) in [5.41, 5.74) is 3.66. The Hall–Kier alpha value is -1.23. The Morgan fingerprint density at radius 1 is 1.24 bits per heavy atom. The molecular formula is C17H17BrN2S. The number of nitrogens with zero attached hydrogens (tertiary/aromatic N) is 1. The number of fused-ring (bicyclic) bond motifs is 1. The molecule has 0 saturated carbocycles. The molecule has 0 aliphatic heterocycles. The summed E-state index contributed by atoms with van der Waals surface area (Å²) in [6.07, 6.45) is 0.914. The van der Waals surface area contributed by atoms with Crippen molar-refractivity contribution >= 4 is 37.5 Å². The monoisotopic (exact) mass is 360 g/mol. The topological polar surface area (TPSA) is 24.9 Å². The number of thiazole rings is 1. The van der Waals surface area contributed by atoms with Gasteiger partial charge in [-0.05, 0) is 43.3 Å². The van der Waals surface area contributed by atoms with E-state index in [2.05, 4.69) is 64.6 Å². The minimum Gasteiger partial charge on any atom is -0.313 e. The summed E-state index contributed by atoms with van der Waals surface area (Å²) in [5.74, 6) is 0. The minimum atomic E-state index is 0.289. The lowest BCUT2D eigenvalue weighted by Gasteiger charge is -2.16. The summed E-state index contributed by atoms with van der Waals surface area (Å²) in [6.45, 7) is 2.12. The van der Waals surface area contributed by atoms with E-state index in [-0.39, 0.29) is 6.04 Å². The molecule has 21 heavy (non-hydrogen) atoms. The van der Waals surface area contributed by atoms with Crippen LogP contribution in [0.5, 0.6) is 0 Å². The molecule has 2 nitrogen and oxygen atoms in total. The van der Waals surface area contributed by atoms with Crippen molar-refractivity contribution in [2.45, 2.75) is 19.4 Å². The van der Waals surface area contributed by atoms with Crippen molar-refractivity contribution in [3.63, 3.8) is 0 Å². The molecule has 0 aliphatic carbocycles. The molecule has 0 saturated heterocycles. The molecule has 1 heterocycles. The third-order valence-corrected chi connectivity index (χ3v) is 5.60. The first-order chi connectivity index (χ1) is 10.2. The second-order valence-corrected chi connectivity index (χ2v) is 7.10. The van der Waals surface area contributed by atoms with Gasteiger partial charge in [-0.1, -0.05) is 40.2 Å². The van der Waals surface area contributed by atoms with E-state index in [1.807, 2.05) is 13.1 Å². The molecule has 1 atom stereocenters. The maximum atomic E-state index is 4.74. The van der Waals surface area contributed by atoms with Gasteiger partial charge in [-0.15, -0.1) is 11.3 Å². The van der Waals surface area contributed by atoms with E-state index < -0.39 is 0 Å². The molecule has 0 aliphatic rings. The standard InChI is InChI=1S/C17H17BrN2S/c1-11-9-12(7-8-13(11)18)15(19-2)10-17-20-14-5-3-4-6-16(14)21-17/h3-9,15,19H,10H2,1-2H3. The number of aromatic nitrogens is 1. The third-order valence-electron chi connectivity index (χ3n) is 3.65. The SMILES string of the molecule is CNC(Cc1nc2ccccc2s1)c1ccc(Br)c(C)c1. The van der Waals surface area contributed by atoms with E-state index in [9.17, 15) is 0 Å². The van der Waals surface area contributed by atoms with Gasteiger partial charge in [0.1, 0.15) is 0 Å². The van der Waals surface area contributed by atoms with Crippen molar-refractivity contribution in [3.05, 3.63) is 63.1 Å². The quantitative estimate of drug-likeness (QED) is 0.717. The fraction of sp³-hybridized carbons (Fsp3) is 0.235. The van der Waals surface area contributed by atoms with Crippen LogP contribution in [0.15, 0.2) is 46.9 Å². The van der Waals surface area contributed by atoms with Crippen LogP contribution in [0.3, 0.4) is 0 Å². The van der Waals surface area contributed by atoms with Crippen LogP contribution in [0, 0.1) is 6.92 Å². The fourth-order valence-electron chi connectivity index (χ4n) is 2.45. The van der Waals surface area contributed by atoms with Crippen LogP contribution in [0.25, 0.3) is 10.2 Å². The Morgan fingerprint density at radius 3 is 2.76 bits per heavy atom. The van der Waals surface area contributed by atoms with Gasteiger partial charge >= 0.3 is 0 Å². The van der Waals surface area contributed by atoms with Crippen molar-refractivity contribution in [1.82, 2.24) is 10.3 Å². The summed E-state index contributed by atoms with van der Waals surface area (Å²) < 4.78 is 2.41. The van der Waals surface area contributed by atoms with E-state index in [1.165, 1.54) is 20.8 Å². The normalized spacial score (nSPS) is 12.7. The molecule has 1 unspecified atom stereocenters. The minimum absolute atomic E-state index is 0.289. The highest BCUT2D eigenvalue weighted by Crippen LogP contribution is 2.27. The Kier molecular flexibility index (Phi) is 4.38. The number of nitrogens with one attached hydrogen (secondary N) is 1. The number of halogens is 1. The molecule has 3 rings (SSSR count). The summed E-state index contributed by atoms with van der Waals surface area (Å²) in [7, 11) is 2.01. The zero-order valence-electron chi connectivity index (χ0n) is 12.1. The van der Waals surface area contributed by atoms with Crippen molar-refractivity contribution in [1.29, 1.82) is 0 Å². The largest absolute Gasteiger partial charge is 0.313 e. The number of benzene rings is 2. The molecule has 0 spiro atoms. The van der Waals surface area contributed by atoms with E-state index in [4.69, 9.17) is 4.98 Å². The average Bonchev–Trinajstić information content (AvgIpc) is 2.90. The van der Waals surface area contributed by atoms with E-state index >= 15 is 0 Å². The molecule has 1 aromatic heterocycles. The Balaban J connectivity index is 1.88. The predicted octanol–water partition coefficient (Wildman–Crippen LogP) is 4.87. The Morgan fingerprint density at radius 2 is 2.05 bits per heavy atom. The van der Waals surface area contributed by atoms with Crippen LogP contribution in [0.1, 0.15) is 22.2 Å². The Labute approximate surface area is 137 Å². The molecule has 0 fully saturated rings. The van der Waals surface area contributed by atoms with Gasteiger partial charge in [0.15, 0.2) is 0 Å². The molecule has 0 radical (unpaired) electrons. The number of para-hydroxylation sites is 1. The van der Waals surface area contributed by atoms with Crippen molar-refractivity contribution in [2.75, 3.05) is 7.05 Å². The number of likely N-dealkylation sites (N-methyl/N-ethyl adjacent to an activating group) is 1. The zero-order chi connectivity index (χ0) is 14.8. The van der Waals surface area contributed by atoms with Gasteiger partial charge in [-0.3, -0.25) is 0 Å². The molecule has 1 N–H and O–H groups in total. The highest BCUT2D eigenvalue weighted by Gasteiger charge is 2.14. The van der Waals surface area contributed by atoms with Gasteiger partial charge < -0.3 is 5.32 Å². The van der Waals surface area contributed by atoms with Gasteiger partial charge in [0.05, 0.1) is 15.2 Å². The van der Waals surface area contributed by atoms with E-state index in [1.54, 1.807) is 11.3 Å². The second kappa shape index (κ2) is 6.26. The van der Waals surface area contributed by atoms with Crippen LogP contribution >= 0.6 is 27.3 Å². The maximum Gasteiger partial charge on any atom is 0.0957 e. The number of aryl methyl sites for hydroxylation is 1. The van der Waals surface area contributed by atoms with Crippen molar-refractivity contribution in [2.24, 2.45) is 0 Å². The number of hydrogen-bond donors (Lipinski definition) is 1. The highest BCUT2D eigenvalue weighted by atomic mass is 79.9. The van der Waals surface area contributed by atoms with Crippen LogP contribution in [-0.2, 0) is 6.42 Å². The first kappa shape index (κ1) is 14.7.